The molecule has 2 aromatic heterocycles. The number of rotatable bonds is 6. The van der Waals surface area contributed by atoms with Gasteiger partial charge in [0.1, 0.15) is 0 Å². The van der Waals surface area contributed by atoms with E-state index in [1.807, 2.05) is 19.1 Å². The van der Waals surface area contributed by atoms with Crippen LogP contribution in [0.15, 0.2) is 21.9 Å². The zero-order valence-electron chi connectivity index (χ0n) is 11.5. The van der Waals surface area contributed by atoms with Crippen molar-refractivity contribution in [2.24, 2.45) is 0 Å². The number of esters is 1. The molecule has 1 N–H and O–H groups in total. The summed E-state index contributed by atoms with van der Waals surface area (Å²) in [7, 11) is -2.60. The van der Waals surface area contributed by atoms with Crippen molar-refractivity contribution in [3.63, 3.8) is 0 Å². The van der Waals surface area contributed by atoms with Crippen LogP contribution in [0.3, 0.4) is 0 Å². The first-order valence-electron chi connectivity index (χ1n) is 6.07. The number of hydrogen-bond acceptors (Lipinski definition) is 7. The molecule has 0 amide bonds. The molecule has 6 nitrogen and oxygen atoms in total. The highest BCUT2D eigenvalue weighted by Crippen LogP contribution is 2.22. The van der Waals surface area contributed by atoms with Crippen molar-refractivity contribution in [3.8, 4) is 0 Å². The highest BCUT2D eigenvalue weighted by atomic mass is 32.2. The van der Waals surface area contributed by atoms with E-state index in [-0.39, 0.29) is 16.4 Å². The first-order chi connectivity index (χ1) is 9.97. The number of sulfonamides is 1. The molecule has 0 atom stereocenters. The van der Waals surface area contributed by atoms with E-state index in [1.165, 1.54) is 17.5 Å². The van der Waals surface area contributed by atoms with Crippen LogP contribution in [0.4, 0.5) is 0 Å². The Bertz CT molecular complexity index is 733. The minimum atomic E-state index is -3.79. The van der Waals surface area contributed by atoms with Crippen molar-refractivity contribution in [1.29, 1.82) is 0 Å². The van der Waals surface area contributed by atoms with E-state index in [0.29, 0.717) is 0 Å². The van der Waals surface area contributed by atoms with Crippen LogP contribution < -0.4 is 4.72 Å². The molecular formula is C12H14N2O4S3. The standard InChI is InChI=1S/C12H14N2O4S3/c1-3-8-4-5-9(20-8)6-14-21(16,17)12-10(11(15)18-2)13-7-19-12/h4-5,7,14H,3,6H2,1-2H3. The maximum atomic E-state index is 12.2. The predicted octanol–water partition coefficient (Wildman–Crippen LogP) is 2.03. The smallest absolute Gasteiger partial charge is 0.358 e. The second kappa shape index (κ2) is 6.65. The summed E-state index contributed by atoms with van der Waals surface area (Å²) in [6.45, 7) is 2.23. The summed E-state index contributed by atoms with van der Waals surface area (Å²) >= 11 is 2.44. The average molecular weight is 346 g/mol. The summed E-state index contributed by atoms with van der Waals surface area (Å²) in [5.41, 5.74) is 1.12. The lowest BCUT2D eigenvalue weighted by molar-refractivity contribution is 0.0590. The monoisotopic (exact) mass is 346 g/mol. The van der Waals surface area contributed by atoms with E-state index in [2.05, 4.69) is 14.4 Å². The lowest BCUT2D eigenvalue weighted by Gasteiger charge is -2.04. The molecule has 0 bridgehead atoms. The van der Waals surface area contributed by atoms with Gasteiger partial charge in [-0.25, -0.2) is 22.9 Å². The quantitative estimate of drug-likeness (QED) is 0.809. The summed E-state index contributed by atoms with van der Waals surface area (Å²) in [6.07, 6.45) is 0.915. The third kappa shape index (κ3) is 3.67. The van der Waals surface area contributed by atoms with Gasteiger partial charge in [-0.05, 0) is 18.6 Å². The molecule has 0 aliphatic rings. The van der Waals surface area contributed by atoms with Crippen LogP contribution in [-0.4, -0.2) is 26.5 Å². The molecule has 0 spiro atoms. The zero-order chi connectivity index (χ0) is 15.5. The average Bonchev–Trinajstić information content (AvgIpc) is 3.13. The van der Waals surface area contributed by atoms with Crippen molar-refractivity contribution in [2.45, 2.75) is 24.1 Å². The Hall–Kier alpha value is -1.29. The number of carbonyl (C=O) groups is 1. The molecule has 21 heavy (non-hydrogen) atoms. The fourth-order valence-electron chi connectivity index (χ4n) is 1.60. The van der Waals surface area contributed by atoms with Gasteiger partial charge in [-0.1, -0.05) is 6.92 Å². The van der Waals surface area contributed by atoms with Gasteiger partial charge in [0.25, 0.3) is 10.0 Å². The fraction of sp³-hybridized carbons (Fsp3) is 0.333. The Morgan fingerprint density at radius 1 is 1.38 bits per heavy atom. The maximum absolute atomic E-state index is 12.2. The zero-order valence-corrected chi connectivity index (χ0v) is 13.9. The second-order valence-electron chi connectivity index (χ2n) is 4.03. The van der Waals surface area contributed by atoms with Crippen LogP contribution in [-0.2, 0) is 27.7 Å². The van der Waals surface area contributed by atoms with Crippen LogP contribution in [0.5, 0.6) is 0 Å². The Kier molecular flexibility index (Phi) is 5.09. The van der Waals surface area contributed by atoms with Crippen LogP contribution >= 0.6 is 22.7 Å². The number of hydrogen-bond donors (Lipinski definition) is 1. The lowest BCUT2D eigenvalue weighted by atomic mass is 10.4. The van der Waals surface area contributed by atoms with Gasteiger partial charge >= 0.3 is 5.97 Å². The van der Waals surface area contributed by atoms with Crippen LogP contribution in [0.25, 0.3) is 0 Å². The van der Waals surface area contributed by atoms with Gasteiger partial charge < -0.3 is 4.74 Å². The Balaban J connectivity index is 2.15. The topological polar surface area (TPSA) is 85.4 Å². The van der Waals surface area contributed by atoms with Crippen molar-refractivity contribution in [3.05, 3.63) is 33.1 Å². The summed E-state index contributed by atoms with van der Waals surface area (Å²) in [5.74, 6) is -0.763. The maximum Gasteiger partial charge on any atom is 0.358 e. The summed E-state index contributed by atoms with van der Waals surface area (Å²) in [5, 5.41) is 0. The number of thiophene rings is 1. The van der Waals surface area contributed by atoms with Gasteiger partial charge in [0.2, 0.25) is 0 Å². The molecule has 2 heterocycles. The van der Waals surface area contributed by atoms with Gasteiger partial charge in [0, 0.05) is 16.3 Å². The van der Waals surface area contributed by atoms with Crippen LogP contribution in [0, 0.1) is 0 Å². The van der Waals surface area contributed by atoms with E-state index in [9.17, 15) is 13.2 Å². The minimum Gasteiger partial charge on any atom is -0.464 e. The molecule has 0 unspecified atom stereocenters. The van der Waals surface area contributed by atoms with E-state index in [0.717, 1.165) is 22.6 Å². The Morgan fingerprint density at radius 2 is 2.10 bits per heavy atom. The van der Waals surface area contributed by atoms with Crippen molar-refractivity contribution in [1.82, 2.24) is 9.71 Å². The van der Waals surface area contributed by atoms with Crippen molar-refractivity contribution >= 4 is 38.7 Å². The molecule has 2 aromatic rings. The number of aryl methyl sites for hydroxylation is 1. The number of methoxy groups -OCH3 is 1. The third-order valence-corrected chi connectivity index (χ3v) is 6.66. The van der Waals surface area contributed by atoms with Crippen LogP contribution in [0.2, 0.25) is 0 Å². The number of thiazole rings is 1. The highest BCUT2D eigenvalue weighted by molar-refractivity contribution is 7.91. The summed E-state index contributed by atoms with van der Waals surface area (Å²) in [4.78, 5) is 17.4. The number of carbonyl (C=O) groups excluding carboxylic acids is 1. The van der Waals surface area contributed by atoms with E-state index in [4.69, 9.17) is 0 Å². The Morgan fingerprint density at radius 3 is 2.71 bits per heavy atom. The highest BCUT2D eigenvalue weighted by Gasteiger charge is 2.26. The molecule has 9 heteroatoms. The molecule has 114 valence electrons. The van der Waals surface area contributed by atoms with Gasteiger partial charge in [-0.3, -0.25) is 0 Å². The van der Waals surface area contributed by atoms with E-state index < -0.39 is 16.0 Å². The van der Waals surface area contributed by atoms with Crippen LogP contribution in [0.1, 0.15) is 27.2 Å². The van der Waals surface area contributed by atoms with E-state index in [1.54, 1.807) is 11.3 Å². The van der Waals surface area contributed by atoms with Crippen molar-refractivity contribution in [2.75, 3.05) is 7.11 Å². The Labute approximate surface area is 130 Å². The molecule has 0 aliphatic carbocycles. The fourth-order valence-corrected chi connectivity index (χ4v) is 4.77. The summed E-state index contributed by atoms with van der Waals surface area (Å²) in [6, 6.07) is 3.86. The normalized spacial score (nSPS) is 11.5. The molecule has 2 rings (SSSR count). The van der Waals surface area contributed by atoms with Gasteiger partial charge in [0.15, 0.2) is 9.90 Å². The molecule has 0 fully saturated rings. The number of aromatic nitrogens is 1. The number of ether oxygens (including phenoxy) is 1. The first-order valence-corrected chi connectivity index (χ1v) is 9.25. The van der Waals surface area contributed by atoms with Gasteiger partial charge in [-0.15, -0.1) is 22.7 Å². The van der Waals surface area contributed by atoms with E-state index >= 15 is 0 Å². The first kappa shape index (κ1) is 16.1. The van der Waals surface area contributed by atoms with Crippen molar-refractivity contribution < 1.29 is 17.9 Å². The minimum absolute atomic E-state index is 0.123. The lowest BCUT2D eigenvalue weighted by Crippen LogP contribution is -2.24. The number of nitrogens with zero attached hydrogens (tertiary/aromatic N) is 1. The molecule has 0 aromatic carbocycles. The summed E-state index contributed by atoms with van der Waals surface area (Å²) < 4.78 is 31.4. The second-order valence-corrected chi connectivity index (χ2v) is 8.10. The largest absolute Gasteiger partial charge is 0.464 e. The number of nitrogens with one attached hydrogen (secondary N) is 1. The SMILES string of the molecule is CCc1ccc(CNS(=O)(=O)c2scnc2C(=O)OC)s1. The van der Waals surface area contributed by atoms with Gasteiger partial charge in [0.05, 0.1) is 12.6 Å². The molecular weight excluding hydrogens is 332 g/mol. The third-order valence-electron chi connectivity index (χ3n) is 2.66. The molecule has 0 radical (unpaired) electrons. The molecule has 0 saturated carbocycles. The molecule has 0 aliphatic heterocycles. The van der Waals surface area contributed by atoms with Gasteiger partial charge in [-0.2, -0.15) is 0 Å². The predicted molar refractivity (Wildman–Crippen MR) is 81.2 cm³/mol. The molecule has 0 saturated heterocycles.